The number of carbonyl (C=O) groups excluding carboxylic acids is 2. The lowest BCUT2D eigenvalue weighted by Gasteiger charge is -2.73. The Morgan fingerprint density at radius 2 is 1.48 bits per heavy atom. The van der Waals surface area contributed by atoms with Gasteiger partial charge in [-0.15, -0.1) is 0 Å². The predicted molar refractivity (Wildman–Crippen MR) is 199 cm³/mol. The Labute approximate surface area is 304 Å². The van der Waals surface area contributed by atoms with E-state index in [0.29, 0.717) is 42.6 Å². The van der Waals surface area contributed by atoms with Crippen LogP contribution in [0.5, 0.6) is 0 Å². The number of carbonyl (C=O) groups is 3. The van der Waals surface area contributed by atoms with Crippen molar-refractivity contribution in [3.8, 4) is 0 Å². The standard InChI is InChI=1S/C44H72O6/c1-28(2)29-15-22-44(25-26-49-34(45)18-19-38(3,4)5)24-23-42(11)30(36(29)44)13-14-32-41(10)20-17-33(50-35(46)27-39(6,7)37(47)48)40(8,9)31(41)16-21-43(32,42)12/h29-33,36H,1,13-27H2,2-12H3,(H,47,48)/t29-,30+,31-,32+,33-,36+,41-,42+,43+,44+/m0/s1. The molecule has 0 amide bonds. The molecule has 5 fully saturated rings. The smallest absolute Gasteiger partial charge is 0.309 e. The number of carboxylic acid groups (broad SMARTS) is 1. The second-order valence-corrected chi connectivity index (χ2v) is 21.3. The molecule has 6 heteroatoms. The number of fused-ring (bicyclic) bond motifs is 7. The van der Waals surface area contributed by atoms with E-state index >= 15 is 0 Å². The van der Waals surface area contributed by atoms with Gasteiger partial charge in [-0.1, -0.05) is 67.5 Å². The van der Waals surface area contributed by atoms with Gasteiger partial charge in [-0.25, -0.2) is 0 Å². The molecule has 0 saturated heterocycles. The number of esters is 2. The number of aliphatic carboxylic acids is 1. The van der Waals surface area contributed by atoms with Gasteiger partial charge in [0.15, 0.2) is 0 Å². The molecule has 1 N–H and O–H groups in total. The average Bonchev–Trinajstić information content (AvgIpc) is 3.37. The summed E-state index contributed by atoms with van der Waals surface area (Å²) in [5, 5.41) is 9.60. The summed E-state index contributed by atoms with van der Waals surface area (Å²) in [6.45, 7) is 29.6. The van der Waals surface area contributed by atoms with Crippen molar-refractivity contribution in [2.75, 3.05) is 6.61 Å². The van der Waals surface area contributed by atoms with Gasteiger partial charge >= 0.3 is 17.9 Å². The lowest BCUT2D eigenvalue weighted by Crippen LogP contribution is -2.66. The van der Waals surface area contributed by atoms with Gasteiger partial charge in [0, 0.05) is 11.8 Å². The summed E-state index contributed by atoms with van der Waals surface area (Å²) in [6.07, 6.45) is 13.6. The number of carboxylic acids is 1. The average molecular weight is 697 g/mol. The van der Waals surface area contributed by atoms with Crippen LogP contribution in [0.25, 0.3) is 0 Å². The summed E-state index contributed by atoms with van der Waals surface area (Å²) < 4.78 is 12.1. The van der Waals surface area contributed by atoms with Crippen molar-refractivity contribution in [3.05, 3.63) is 12.2 Å². The Hall–Kier alpha value is -1.85. The molecule has 284 valence electrons. The Bertz CT molecular complexity index is 1340. The summed E-state index contributed by atoms with van der Waals surface area (Å²) in [7, 11) is 0. The fraction of sp³-hybridized carbons (Fsp3) is 0.886. The largest absolute Gasteiger partial charge is 0.481 e. The Morgan fingerprint density at radius 3 is 2.10 bits per heavy atom. The fourth-order valence-corrected chi connectivity index (χ4v) is 13.5. The third kappa shape index (κ3) is 6.63. The topological polar surface area (TPSA) is 89.9 Å². The summed E-state index contributed by atoms with van der Waals surface area (Å²) in [5.41, 5.74) is 0.987. The first-order valence-corrected chi connectivity index (χ1v) is 20.2. The second-order valence-electron chi connectivity index (χ2n) is 21.3. The first-order chi connectivity index (χ1) is 22.9. The quantitative estimate of drug-likeness (QED) is 0.181. The minimum Gasteiger partial charge on any atom is -0.481 e. The first kappa shape index (κ1) is 39.4. The van der Waals surface area contributed by atoms with Crippen LogP contribution in [-0.4, -0.2) is 35.7 Å². The molecule has 5 rings (SSSR count). The summed E-state index contributed by atoms with van der Waals surface area (Å²) in [6, 6.07) is 0. The van der Waals surface area contributed by atoms with Gasteiger partial charge in [-0.05, 0) is 154 Å². The van der Waals surface area contributed by atoms with Gasteiger partial charge in [-0.3, -0.25) is 14.4 Å². The van der Waals surface area contributed by atoms with Crippen LogP contribution >= 0.6 is 0 Å². The molecule has 5 aliphatic rings. The third-order valence-corrected chi connectivity index (χ3v) is 16.6. The second kappa shape index (κ2) is 13.2. The lowest BCUT2D eigenvalue weighted by molar-refractivity contribution is -0.251. The lowest BCUT2D eigenvalue weighted by atomic mass is 9.32. The van der Waals surface area contributed by atoms with Gasteiger partial charge in [0.1, 0.15) is 6.10 Å². The molecule has 0 unspecified atom stereocenters. The highest BCUT2D eigenvalue weighted by atomic mass is 16.5. The SMILES string of the molecule is C=C(C)[C@@H]1CC[C@]2(CCOC(=O)CCC(C)(C)C)CC[C@]3(C)[C@H](CC[C@@H]4[C@@]5(C)CC[C@H](OC(=O)CC(C)(C)C(=O)O)C(C)(C)[C@@H]5CC[C@]43C)[C@@H]12. The highest BCUT2D eigenvalue weighted by molar-refractivity contribution is 5.81. The predicted octanol–water partition coefficient (Wildman–Crippen LogP) is 10.8. The van der Waals surface area contributed by atoms with Crippen LogP contribution in [0.4, 0.5) is 0 Å². The zero-order valence-electron chi connectivity index (χ0n) is 33.8. The Morgan fingerprint density at radius 1 is 0.800 bits per heavy atom. The molecule has 0 bridgehead atoms. The van der Waals surface area contributed by atoms with E-state index < -0.39 is 11.4 Å². The maximum atomic E-state index is 13.1. The third-order valence-electron chi connectivity index (χ3n) is 16.6. The molecule has 0 aliphatic heterocycles. The molecule has 0 aromatic heterocycles. The van der Waals surface area contributed by atoms with Gasteiger partial charge in [0.05, 0.1) is 18.4 Å². The molecule has 0 spiro atoms. The van der Waals surface area contributed by atoms with Gasteiger partial charge < -0.3 is 14.6 Å². The van der Waals surface area contributed by atoms with Gasteiger partial charge in [0.2, 0.25) is 0 Å². The normalized spacial score (nSPS) is 40.8. The van der Waals surface area contributed by atoms with Crippen LogP contribution in [-0.2, 0) is 23.9 Å². The summed E-state index contributed by atoms with van der Waals surface area (Å²) in [5.74, 6) is 1.43. The molecule has 10 atom stereocenters. The molecule has 5 aliphatic carbocycles. The van der Waals surface area contributed by atoms with E-state index in [9.17, 15) is 19.5 Å². The number of rotatable bonds is 10. The molecule has 50 heavy (non-hydrogen) atoms. The van der Waals surface area contributed by atoms with Crippen LogP contribution in [0.2, 0.25) is 0 Å². The summed E-state index contributed by atoms with van der Waals surface area (Å²) in [4.78, 5) is 37.5. The molecule has 0 heterocycles. The van der Waals surface area contributed by atoms with E-state index in [1.54, 1.807) is 13.8 Å². The van der Waals surface area contributed by atoms with Crippen molar-refractivity contribution in [3.63, 3.8) is 0 Å². The number of ether oxygens (including phenoxy) is 2. The van der Waals surface area contributed by atoms with E-state index in [-0.39, 0.29) is 57.0 Å². The highest BCUT2D eigenvalue weighted by Gasteiger charge is 2.71. The van der Waals surface area contributed by atoms with Gasteiger partial charge in [0.25, 0.3) is 0 Å². The molecular formula is C44H72O6. The minimum atomic E-state index is -1.14. The molecule has 6 nitrogen and oxygen atoms in total. The minimum absolute atomic E-state index is 0.0440. The molecular weight excluding hydrogens is 624 g/mol. The van der Waals surface area contributed by atoms with Crippen molar-refractivity contribution in [2.24, 2.45) is 67.5 Å². The van der Waals surface area contributed by atoms with Crippen LogP contribution in [0.15, 0.2) is 12.2 Å². The highest BCUT2D eigenvalue weighted by Crippen LogP contribution is 2.78. The van der Waals surface area contributed by atoms with Crippen molar-refractivity contribution in [2.45, 2.75) is 172 Å². The summed E-state index contributed by atoms with van der Waals surface area (Å²) >= 11 is 0. The number of allylic oxidation sites excluding steroid dienone is 1. The maximum absolute atomic E-state index is 13.1. The van der Waals surface area contributed by atoms with Crippen LogP contribution in [0.3, 0.4) is 0 Å². The van der Waals surface area contributed by atoms with Crippen LogP contribution in [0.1, 0.15) is 166 Å². The molecule has 0 aromatic carbocycles. The first-order valence-electron chi connectivity index (χ1n) is 20.2. The van der Waals surface area contributed by atoms with Crippen molar-refractivity contribution in [1.82, 2.24) is 0 Å². The van der Waals surface area contributed by atoms with E-state index in [0.717, 1.165) is 32.1 Å². The molecule has 0 aromatic rings. The molecule has 0 radical (unpaired) electrons. The number of hydrogen-bond acceptors (Lipinski definition) is 5. The monoisotopic (exact) mass is 697 g/mol. The van der Waals surface area contributed by atoms with Crippen molar-refractivity contribution >= 4 is 17.9 Å². The van der Waals surface area contributed by atoms with Crippen molar-refractivity contribution in [1.29, 1.82) is 0 Å². The van der Waals surface area contributed by atoms with Crippen LogP contribution in [0, 0.1) is 67.5 Å². The van der Waals surface area contributed by atoms with Gasteiger partial charge in [-0.2, -0.15) is 0 Å². The Kier molecular flexibility index (Phi) is 10.4. The van der Waals surface area contributed by atoms with E-state index in [4.69, 9.17) is 9.47 Å². The maximum Gasteiger partial charge on any atom is 0.309 e. The van der Waals surface area contributed by atoms with Crippen LogP contribution < -0.4 is 0 Å². The fourth-order valence-electron chi connectivity index (χ4n) is 13.5. The van der Waals surface area contributed by atoms with E-state index in [2.05, 4.69) is 68.9 Å². The van der Waals surface area contributed by atoms with Crippen molar-refractivity contribution < 1.29 is 29.0 Å². The van der Waals surface area contributed by atoms with E-state index in [1.165, 1.54) is 50.5 Å². The zero-order chi connectivity index (χ0) is 37.3. The van der Waals surface area contributed by atoms with E-state index in [1.807, 2.05) is 0 Å². The Balaban J connectivity index is 1.35. The zero-order valence-corrected chi connectivity index (χ0v) is 33.8. The molecule has 5 saturated carbocycles. The number of hydrogen-bond donors (Lipinski definition) is 1.